The molecule has 4 nitrogen and oxygen atoms in total. The molecule has 0 unspecified atom stereocenters. The average molecular weight is 382 g/mol. The fraction of sp³-hybridized carbons (Fsp3) is 1.00. The van der Waals surface area contributed by atoms with E-state index in [0.717, 1.165) is 18.8 Å². The Hall–Kier alpha value is -0.160. The fourth-order valence-electron chi connectivity index (χ4n) is 6.79. The summed E-state index contributed by atoms with van der Waals surface area (Å²) in [7, 11) is 0. The van der Waals surface area contributed by atoms with E-state index in [0.29, 0.717) is 31.1 Å². The molecule has 0 amide bonds. The number of fused-ring (bicyclic) bond motifs is 2. The lowest BCUT2D eigenvalue weighted by Crippen LogP contribution is -2.63. The second-order valence-corrected chi connectivity index (χ2v) is 11.7. The third-order valence-corrected chi connectivity index (χ3v) is 8.81. The first-order valence-corrected chi connectivity index (χ1v) is 11.0. The zero-order valence-corrected chi connectivity index (χ0v) is 18.7. The molecule has 0 aromatic carbocycles. The number of hydrogen-bond acceptors (Lipinski definition) is 4. The van der Waals surface area contributed by atoms with Gasteiger partial charge in [0.2, 0.25) is 0 Å². The van der Waals surface area contributed by atoms with Crippen LogP contribution in [-0.2, 0) is 4.74 Å². The first-order chi connectivity index (χ1) is 12.3. The first-order valence-electron chi connectivity index (χ1n) is 11.0. The van der Waals surface area contributed by atoms with E-state index in [9.17, 15) is 10.2 Å². The molecule has 27 heavy (non-hydrogen) atoms. The Labute approximate surface area is 166 Å². The molecule has 2 aliphatic carbocycles. The number of aliphatic hydroxyl groups excluding tert-OH is 2. The quantitative estimate of drug-likeness (QED) is 0.731. The Balaban J connectivity index is 1.51. The summed E-state index contributed by atoms with van der Waals surface area (Å²) >= 11 is 0. The van der Waals surface area contributed by atoms with E-state index < -0.39 is 6.10 Å². The lowest BCUT2D eigenvalue weighted by atomic mass is 9.70. The number of ether oxygens (including phenoxy) is 1. The van der Waals surface area contributed by atoms with Crippen LogP contribution in [-0.4, -0.2) is 57.7 Å². The SMILES string of the molecule is CC1(C)CC(O)CC(C)(C)N1C[C@@H](O)CCO[C@@H]1C[C@H]2CC[C@@]1(C)C2(C)C. The summed E-state index contributed by atoms with van der Waals surface area (Å²) in [5, 5.41) is 20.9. The molecule has 2 bridgehead atoms. The summed E-state index contributed by atoms with van der Waals surface area (Å²) in [5.41, 5.74) is 0.449. The number of hydrogen-bond donors (Lipinski definition) is 2. The molecule has 158 valence electrons. The van der Waals surface area contributed by atoms with E-state index in [1.54, 1.807) is 0 Å². The standard InChI is InChI=1S/C23H43NO3/c1-20(2)13-18(26)14-21(3,4)24(20)15-17(25)9-11-27-19-12-16-8-10-23(19,7)22(16,5)6/h16-19,25-26H,8-15H2,1-7H3/t16-,17+,19-,23-/m1/s1. The number of piperidine rings is 1. The van der Waals surface area contributed by atoms with Crippen molar-refractivity contribution < 1.29 is 14.9 Å². The van der Waals surface area contributed by atoms with E-state index in [4.69, 9.17) is 4.74 Å². The molecule has 4 heteroatoms. The molecule has 0 spiro atoms. The molecule has 3 rings (SSSR count). The molecule has 0 aromatic rings. The minimum Gasteiger partial charge on any atom is -0.393 e. The third-order valence-electron chi connectivity index (χ3n) is 8.81. The van der Waals surface area contributed by atoms with Crippen molar-refractivity contribution in [1.82, 2.24) is 4.90 Å². The monoisotopic (exact) mass is 381 g/mol. The van der Waals surface area contributed by atoms with Crippen molar-refractivity contribution in [2.24, 2.45) is 16.7 Å². The predicted octanol–water partition coefficient (Wildman–Crippen LogP) is 3.98. The fourth-order valence-corrected chi connectivity index (χ4v) is 6.79. The summed E-state index contributed by atoms with van der Waals surface area (Å²) in [5.74, 6) is 0.791. The van der Waals surface area contributed by atoms with Crippen molar-refractivity contribution in [3.05, 3.63) is 0 Å². The van der Waals surface area contributed by atoms with E-state index in [2.05, 4.69) is 53.4 Å². The second-order valence-electron chi connectivity index (χ2n) is 11.7. The van der Waals surface area contributed by atoms with Crippen molar-refractivity contribution in [3.63, 3.8) is 0 Å². The highest BCUT2D eigenvalue weighted by Gasteiger charge is 2.61. The molecule has 4 atom stereocenters. The van der Waals surface area contributed by atoms with E-state index >= 15 is 0 Å². The lowest BCUT2D eigenvalue weighted by molar-refractivity contribution is -0.103. The Morgan fingerprint density at radius 2 is 1.63 bits per heavy atom. The highest BCUT2D eigenvalue weighted by atomic mass is 16.5. The lowest BCUT2D eigenvalue weighted by Gasteiger charge is -2.55. The summed E-state index contributed by atoms with van der Waals surface area (Å²) in [6.07, 6.45) is 5.70. The van der Waals surface area contributed by atoms with Gasteiger partial charge in [-0.05, 0) is 83.0 Å². The Morgan fingerprint density at radius 1 is 1.04 bits per heavy atom. The van der Waals surface area contributed by atoms with Crippen LogP contribution in [0.1, 0.15) is 87.0 Å². The van der Waals surface area contributed by atoms with Crippen LogP contribution in [0.4, 0.5) is 0 Å². The van der Waals surface area contributed by atoms with Gasteiger partial charge in [0.05, 0.1) is 18.3 Å². The van der Waals surface area contributed by atoms with Crippen LogP contribution in [0.3, 0.4) is 0 Å². The van der Waals surface area contributed by atoms with Gasteiger partial charge in [0.15, 0.2) is 0 Å². The van der Waals surface area contributed by atoms with E-state index in [-0.39, 0.29) is 22.6 Å². The number of rotatable bonds is 6. The molecule has 2 N–H and O–H groups in total. The number of likely N-dealkylation sites (tertiary alicyclic amines) is 1. The topological polar surface area (TPSA) is 52.9 Å². The Kier molecular flexibility index (Phi) is 5.56. The Bertz CT molecular complexity index is 526. The van der Waals surface area contributed by atoms with Crippen molar-refractivity contribution in [2.75, 3.05) is 13.2 Å². The number of β-amino-alcohol motifs (C(OH)–C–C–N with tert-alkyl or cyclic N) is 1. The molecule has 2 saturated carbocycles. The maximum Gasteiger partial charge on any atom is 0.0689 e. The van der Waals surface area contributed by atoms with Gasteiger partial charge in [-0.2, -0.15) is 0 Å². The minimum atomic E-state index is -0.391. The van der Waals surface area contributed by atoms with Gasteiger partial charge in [-0.3, -0.25) is 4.90 Å². The van der Waals surface area contributed by atoms with Crippen LogP contribution in [0.2, 0.25) is 0 Å². The Morgan fingerprint density at radius 3 is 2.11 bits per heavy atom. The van der Waals surface area contributed by atoms with Gasteiger partial charge >= 0.3 is 0 Å². The average Bonchev–Trinajstić information content (AvgIpc) is 2.83. The summed E-state index contributed by atoms with van der Waals surface area (Å²) < 4.78 is 6.34. The first kappa shape index (κ1) is 21.5. The van der Waals surface area contributed by atoms with Gasteiger partial charge < -0.3 is 14.9 Å². The molecule has 1 aliphatic heterocycles. The van der Waals surface area contributed by atoms with Gasteiger partial charge in [-0.15, -0.1) is 0 Å². The summed E-state index contributed by atoms with van der Waals surface area (Å²) in [4.78, 5) is 2.39. The van der Waals surface area contributed by atoms with Crippen LogP contribution in [0.25, 0.3) is 0 Å². The smallest absolute Gasteiger partial charge is 0.0689 e. The maximum absolute atomic E-state index is 10.7. The summed E-state index contributed by atoms with van der Waals surface area (Å²) in [6, 6.07) is 0. The van der Waals surface area contributed by atoms with Crippen molar-refractivity contribution in [1.29, 1.82) is 0 Å². The zero-order chi connectivity index (χ0) is 20.3. The molecule has 3 aliphatic rings. The van der Waals surface area contributed by atoms with Crippen LogP contribution < -0.4 is 0 Å². The van der Waals surface area contributed by atoms with Gasteiger partial charge in [-0.25, -0.2) is 0 Å². The van der Waals surface area contributed by atoms with E-state index in [1.807, 2.05) is 0 Å². The van der Waals surface area contributed by atoms with Gasteiger partial charge in [-0.1, -0.05) is 20.8 Å². The molecular formula is C23H43NO3. The molecule has 1 saturated heterocycles. The van der Waals surface area contributed by atoms with Gasteiger partial charge in [0.25, 0.3) is 0 Å². The second kappa shape index (κ2) is 6.97. The zero-order valence-electron chi connectivity index (χ0n) is 18.7. The highest BCUT2D eigenvalue weighted by Crippen LogP contribution is 2.66. The van der Waals surface area contributed by atoms with Crippen molar-refractivity contribution in [3.8, 4) is 0 Å². The molecular weight excluding hydrogens is 338 g/mol. The molecule has 0 aromatic heterocycles. The molecule has 3 fully saturated rings. The number of nitrogens with zero attached hydrogens (tertiary/aromatic N) is 1. The summed E-state index contributed by atoms with van der Waals surface area (Å²) in [6.45, 7) is 17.2. The van der Waals surface area contributed by atoms with E-state index in [1.165, 1.54) is 19.3 Å². The molecule has 1 heterocycles. The van der Waals surface area contributed by atoms with Crippen molar-refractivity contribution in [2.45, 2.75) is 116 Å². The van der Waals surface area contributed by atoms with Crippen LogP contribution in [0.15, 0.2) is 0 Å². The van der Waals surface area contributed by atoms with Gasteiger partial charge in [0.1, 0.15) is 0 Å². The maximum atomic E-state index is 10.7. The minimum absolute atomic E-state index is 0.106. The normalized spacial score (nSPS) is 39.0. The molecule has 0 radical (unpaired) electrons. The van der Waals surface area contributed by atoms with Gasteiger partial charge in [0, 0.05) is 24.2 Å². The predicted molar refractivity (Wildman–Crippen MR) is 110 cm³/mol. The largest absolute Gasteiger partial charge is 0.393 e. The highest BCUT2D eigenvalue weighted by molar-refractivity contribution is 5.11. The third kappa shape index (κ3) is 3.72. The van der Waals surface area contributed by atoms with Crippen molar-refractivity contribution >= 4 is 0 Å². The van der Waals surface area contributed by atoms with Crippen LogP contribution in [0.5, 0.6) is 0 Å². The van der Waals surface area contributed by atoms with Crippen LogP contribution >= 0.6 is 0 Å². The van der Waals surface area contributed by atoms with Crippen LogP contribution in [0, 0.1) is 16.7 Å². The number of aliphatic hydroxyl groups is 2.